The topological polar surface area (TPSA) is 43.8 Å². The molecule has 0 saturated carbocycles. The van der Waals surface area contributed by atoms with E-state index in [0.29, 0.717) is 0 Å². The average molecular weight is 264 g/mol. The molecule has 4 heteroatoms. The zero-order chi connectivity index (χ0) is 13.0. The maximum Gasteiger partial charge on any atom is 0.108 e. The minimum absolute atomic E-state index is 0.155. The molecular weight excluding hydrogens is 246 g/mol. The van der Waals surface area contributed by atoms with Gasteiger partial charge in [0.05, 0.1) is 0 Å². The van der Waals surface area contributed by atoms with Gasteiger partial charge in [-0.25, -0.2) is 4.98 Å². The predicted molar refractivity (Wildman–Crippen MR) is 74.7 cm³/mol. The van der Waals surface area contributed by atoms with E-state index in [0.717, 1.165) is 30.1 Å². The first kappa shape index (κ1) is 13.1. The fourth-order valence-electron chi connectivity index (χ4n) is 1.98. The highest BCUT2D eigenvalue weighted by Crippen LogP contribution is 2.12. The number of rotatable bonds is 5. The number of hydrogen-bond acceptors (Lipinski definition) is 2. The summed E-state index contributed by atoms with van der Waals surface area (Å²) in [6.45, 7) is 0. The zero-order valence-electron chi connectivity index (χ0n) is 10.5. The lowest BCUT2D eigenvalue weighted by Gasteiger charge is -2.11. The van der Waals surface area contributed by atoms with Gasteiger partial charge in [0.1, 0.15) is 5.82 Å². The van der Waals surface area contributed by atoms with E-state index < -0.39 is 0 Å². The predicted octanol–water partition coefficient (Wildman–Crippen LogP) is 2.58. The van der Waals surface area contributed by atoms with Crippen molar-refractivity contribution in [2.75, 3.05) is 0 Å². The molecule has 0 aliphatic rings. The van der Waals surface area contributed by atoms with Crippen LogP contribution in [0.5, 0.6) is 0 Å². The molecule has 1 aromatic heterocycles. The molecule has 0 aliphatic heterocycles. The lowest BCUT2D eigenvalue weighted by atomic mass is 10.0. The van der Waals surface area contributed by atoms with Crippen molar-refractivity contribution in [2.45, 2.75) is 25.3 Å². The largest absolute Gasteiger partial charge is 0.338 e. The number of halogens is 1. The summed E-state index contributed by atoms with van der Waals surface area (Å²) in [5, 5.41) is 0.764. The van der Waals surface area contributed by atoms with Crippen molar-refractivity contribution < 1.29 is 0 Å². The van der Waals surface area contributed by atoms with E-state index in [1.807, 2.05) is 48.3 Å². The van der Waals surface area contributed by atoms with Gasteiger partial charge in [0.25, 0.3) is 0 Å². The van der Waals surface area contributed by atoms with Gasteiger partial charge in [-0.2, -0.15) is 0 Å². The number of aryl methyl sites for hydroxylation is 2. The molecule has 2 N–H and O–H groups in total. The fraction of sp³-hybridized carbons (Fsp3) is 0.357. The Morgan fingerprint density at radius 3 is 2.67 bits per heavy atom. The van der Waals surface area contributed by atoms with Crippen LogP contribution in [0, 0.1) is 0 Å². The van der Waals surface area contributed by atoms with Crippen LogP contribution in [0.3, 0.4) is 0 Å². The van der Waals surface area contributed by atoms with Crippen LogP contribution in [0.25, 0.3) is 0 Å². The van der Waals surface area contributed by atoms with Crippen LogP contribution in [0.1, 0.15) is 17.8 Å². The highest BCUT2D eigenvalue weighted by molar-refractivity contribution is 6.30. The Bertz CT molecular complexity index is 490. The Labute approximate surface area is 113 Å². The maximum atomic E-state index is 6.14. The third kappa shape index (κ3) is 3.59. The van der Waals surface area contributed by atoms with Crippen LogP contribution in [0.4, 0.5) is 0 Å². The molecule has 18 heavy (non-hydrogen) atoms. The minimum atomic E-state index is 0.155. The van der Waals surface area contributed by atoms with Crippen LogP contribution in [-0.4, -0.2) is 15.6 Å². The molecule has 0 spiro atoms. The van der Waals surface area contributed by atoms with Crippen molar-refractivity contribution in [3.05, 3.63) is 53.1 Å². The Kier molecular flexibility index (Phi) is 4.39. The third-order valence-corrected chi connectivity index (χ3v) is 3.32. The number of hydrogen-bond donors (Lipinski definition) is 1. The van der Waals surface area contributed by atoms with Gasteiger partial charge in [0, 0.05) is 36.9 Å². The molecule has 1 heterocycles. The highest BCUT2D eigenvalue weighted by Gasteiger charge is 2.07. The molecule has 0 amide bonds. The summed E-state index contributed by atoms with van der Waals surface area (Å²) in [5.41, 5.74) is 7.37. The van der Waals surface area contributed by atoms with Crippen molar-refractivity contribution in [3.63, 3.8) is 0 Å². The fourth-order valence-corrected chi connectivity index (χ4v) is 2.10. The number of nitrogens with zero attached hydrogens (tertiary/aromatic N) is 2. The van der Waals surface area contributed by atoms with Gasteiger partial charge in [-0.3, -0.25) is 0 Å². The zero-order valence-corrected chi connectivity index (χ0v) is 11.3. The van der Waals surface area contributed by atoms with Crippen LogP contribution in [-0.2, 0) is 19.9 Å². The van der Waals surface area contributed by atoms with Crippen LogP contribution >= 0.6 is 11.6 Å². The Morgan fingerprint density at radius 2 is 2.06 bits per heavy atom. The minimum Gasteiger partial charge on any atom is -0.338 e. The Hall–Kier alpha value is -1.32. The van der Waals surface area contributed by atoms with Crippen molar-refractivity contribution in [3.8, 4) is 0 Å². The SMILES string of the molecule is Cn1ccnc1CCC(N)Cc1ccc(Cl)cc1. The van der Waals surface area contributed by atoms with Gasteiger partial charge in [0.2, 0.25) is 0 Å². The van der Waals surface area contributed by atoms with E-state index in [2.05, 4.69) is 4.98 Å². The number of benzene rings is 1. The number of imidazole rings is 1. The summed E-state index contributed by atoms with van der Waals surface area (Å²) >= 11 is 5.85. The molecule has 0 fully saturated rings. The molecule has 0 radical (unpaired) electrons. The van der Waals surface area contributed by atoms with E-state index in [4.69, 9.17) is 17.3 Å². The van der Waals surface area contributed by atoms with Gasteiger partial charge >= 0.3 is 0 Å². The first-order valence-electron chi connectivity index (χ1n) is 6.11. The molecule has 3 nitrogen and oxygen atoms in total. The molecule has 0 aliphatic carbocycles. The summed E-state index contributed by atoms with van der Waals surface area (Å²) in [7, 11) is 2.01. The molecule has 96 valence electrons. The molecule has 2 aromatic rings. The van der Waals surface area contributed by atoms with Crippen LogP contribution in [0.15, 0.2) is 36.7 Å². The smallest absolute Gasteiger partial charge is 0.108 e. The van der Waals surface area contributed by atoms with Crippen molar-refractivity contribution >= 4 is 11.6 Å². The summed E-state index contributed by atoms with van der Waals surface area (Å²) < 4.78 is 2.04. The second-order valence-corrected chi connectivity index (χ2v) is 5.02. The standard InChI is InChI=1S/C14H18ClN3/c1-18-9-8-17-14(18)7-6-13(16)10-11-2-4-12(15)5-3-11/h2-5,8-9,13H,6-7,10,16H2,1H3. The van der Waals surface area contributed by atoms with Gasteiger partial charge < -0.3 is 10.3 Å². The summed E-state index contributed by atoms with van der Waals surface area (Å²) in [5.74, 6) is 1.08. The molecular formula is C14H18ClN3. The second kappa shape index (κ2) is 6.03. The first-order chi connectivity index (χ1) is 8.65. The third-order valence-electron chi connectivity index (χ3n) is 3.07. The van der Waals surface area contributed by atoms with Crippen molar-refractivity contribution in [2.24, 2.45) is 12.8 Å². The monoisotopic (exact) mass is 263 g/mol. The molecule has 1 aromatic carbocycles. The van der Waals surface area contributed by atoms with Gasteiger partial charge in [-0.15, -0.1) is 0 Å². The van der Waals surface area contributed by atoms with Crippen LogP contribution in [0.2, 0.25) is 5.02 Å². The molecule has 0 bridgehead atoms. The first-order valence-corrected chi connectivity index (χ1v) is 6.49. The average Bonchev–Trinajstić information content (AvgIpc) is 2.75. The van der Waals surface area contributed by atoms with E-state index in [-0.39, 0.29) is 6.04 Å². The summed E-state index contributed by atoms with van der Waals surface area (Å²) in [6.07, 6.45) is 6.51. The quantitative estimate of drug-likeness (QED) is 0.901. The normalized spacial score (nSPS) is 12.6. The molecule has 2 rings (SSSR count). The van der Waals surface area contributed by atoms with E-state index >= 15 is 0 Å². The number of nitrogens with two attached hydrogens (primary N) is 1. The van der Waals surface area contributed by atoms with Gasteiger partial charge in [0.15, 0.2) is 0 Å². The van der Waals surface area contributed by atoms with Crippen molar-refractivity contribution in [1.29, 1.82) is 0 Å². The maximum absolute atomic E-state index is 6.14. The Balaban J connectivity index is 1.83. The Morgan fingerprint density at radius 1 is 1.33 bits per heavy atom. The molecule has 0 saturated heterocycles. The molecule has 1 unspecified atom stereocenters. The van der Waals surface area contributed by atoms with Crippen LogP contribution < -0.4 is 5.73 Å². The van der Waals surface area contributed by atoms with E-state index in [9.17, 15) is 0 Å². The van der Waals surface area contributed by atoms with Gasteiger partial charge in [-0.05, 0) is 30.5 Å². The van der Waals surface area contributed by atoms with Gasteiger partial charge in [-0.1, -0.05) is 23.7 Å². The van der Waals surface area contributed by atoms with Crippen molar-refractivity contribution in [1.82, 2.24) is 9.55 Å². The van der Waals surface area contributed by atoms with E-state index in [1.54, 1.807) is 0 Å². The molecule has 1 atom stereocenters. The van der Waals surface area contributed by atoms with E-state index in [1.165, 1.54) is 5.56 Å². The second-order valence-electron chi connectivity index (χ2n) is 4.58. The lowest BCUT2D eigenvalue weighted by Crippen LogP contribution is -2.24. The number of aromatic nitrogens is 2. The lowest BCUT2D eigenvalue weighted by molar-refractivity contribution is 0.589. The highest BCUT2D eigenvalue weighted by atomic mass is 35.5. The summed E-state index contributed by atoms with van der Waals surface area (Å²) in [6, 6.07) is 8.03. The summed E-state index contributed by atoms with van der Waals surface area (Å²) in [4.78, 5) is 4.30.